The molecule has 86 valence electrons. The average molecular weight is 240 g/mol. The van der Waals surface area contributed by atoms with Crippen molar-refractivity contribution < 1.29 is 9.53 Å². The van der Waals surface area contributed by atoms with Gasteiger partial charge in [-0.25, -0.2) is 0 Å². The van der Waals surface area contributed by atoms with E-state index in [2.05, 4.69) is 10.1 Å². The number of carbonyl (C=O) groups is 1. The monoisotopic (exact) mass is 239 g/mol. The molecule has 4 heteroatoms. The third-order valence-electron chi connectivity index (χ3n) is 2.86. The Bertz CT molecular complexity index is 406. The number of hydrogen-bond donors (Lipinski definition) is 1. The molecule has 0 saturated heterocycles. The molecule has 0 radical (unpaired) electrons. The first-order valence-electron chi connectivity index (χ1n) is 5.29. The summed E-state index contributed by atoms with van der Waals surface area (Å²) in [6.45, 7) is 0.870. The smallest absolute Gasteiger partial charge is 0.307 e. The van der Waals surface area contributed by atoms with Crippen LogP contribution in [-0.2, 0) is 16.0 Å². The number of carbonyl (C=O) groups excluding carboxylic acids is 1. The van der Waals surface area contributed by atoms with Gasteiger partial charge < -0.3 is 10.1 Å². The first-order valence-corrected chi connectivity index (χ1v) is 5.67. The standard InChI is InChI=1S/C12H14ClNO2/c1-16-12(15)7-11-10-3-2-9(13)6-8(10)4-5-14-11/h2-3,6,11,14H,4-5,7H2,1H3/t11-/m1/s1. The van der Waals surface area contributed by atoms with Crippen molar-refractivity contribution in [2.45, 2.75) is 18.9 Å². The molecule has 1 aliphatic heterocycles. The van der Waals surface area contributed by atoms with Crippen LogP contribution in [0.1, 0.15) is 23.6 Å². The summed E-state index contributed by atoms with van der Waals surface area (Å²) in [6, 6.07) is 5.87. The first kappa shape index (κ1) is 11.4. The predicted molar refractivity (Wildman–Crippen MR) is 62.5 cm³/mol. The number of methoxy groups -OCH3 is 1. The third-order valence-corrected chi connectivity index (χ3v) is 3.10. The molecule has 1 atom stereocenters. The maximum atomic E-state index is 11.3. The van der Waals surface area contributed by atoms with Crippen LogP contribution in [0.25, 0.3) is 0 Å². The van der Waals surface area contributed by atoms with Crippen LogP contribution in [0.2, 0.25) is 5.02 Å². The van der Waals surface area contributed by atoms with Gasteiger partial charge in [-0.15, -0.1) is 0 Å². The van der Waals surface area contributed by atoms with E-state index in [1.165, 1.54) is 12.7 Å². The van der Waals surface area contributed by atoms with Crippen molar-refractivity contribution in [3.05, 3.63) is 34.3 Å². The van der Waals surface area contributed by atoms with E-state index in [1.54, 1.807) is 0 Å². The minimum Gasteiger partial charge on any atom is -0.469 e. The van der Waals surface area contributed by atoms with Crippen LogP contribution in [0.3, 0.4) is 0 Å². The van der Waals surface area contributed by atoms with Crippen molar-refractivity contribution in [1.82, 2.24) is 5.32 Å². The Morgan fingerprint density at radius 1 is 1.62 bits per heavy atom. The molecular formula is C12H14ClNO2. The number of rotatable bonds is 2. The van der Waals surface area contributed by atoms with Crippen molar-refractivity contribution in [2.75, 3.05) is 13.7 Å². The Balaban J connectivity index is 2.23. The summed E-state index contributed by atoms with van der Waals surface area (Å²) in [6.07, 6.45) is 1.32. The molecule has 3 nitrogen and oxygen atoms in total. The van der Waals surface area contributed by atoms with Crippen LogP contribution < -0.4 is 5.32 Å². The maximum absolute atomic E-state index is 11.3. The van der Waals surface area contributed by atoms with Crippen molar-refractivity contribution in [2.24, 2.45) is 0 Å². The molecule has 0 bridgehead atoms. The molecular weight excluding hydrogens is 226 g/mol. The van der Waals surface area contributed by atoms with Gasteiger partial charge in [0.15, 0.2) is 0 Å². The van der Waals surface area contributed by atoms with Crippen LogP contribution in [0, 0.1) is 0 Å². The first-order chi connectivity index (χ1) is 7.70. The van der Waals surface area contributed by atoms with Crippen LogP contribution in [0.4, 0.5) is 0 Å². The third kappa shape index (κ3) is 2.36. The second-order valence-corrected chi connectivity index (χ2v) is 4.32. The van der Waals surface area contributed by atoms with Gasteiger partial charge in [0.25, 0.3) is 0 Å². The second-order valence-electron chi connectivity index (χ2n) is 3.88. The van der Waals surface area contributed by atoms with Gasteiger partial charge in [0.2, 0.25) is 0 Å². The Hall–Kier alpha value is -1.06. The molecule has 0 fully saturated rings. The summed E-state index contributed by atoms with van der Waals surface area (Å²) in [5.41, 5.74) is 2.38. The summed E-state index contributed by atoms with van der Waals surface area (Å²) >= 11 is 5.95. The Kier molecular flexibility index (Phi) is 3.46. The van der Waals surface area contributed by atoms with Gasteiger partial charge in [-0.05, 0) is 36.2 Å². The molecule has 0 aromatic heterocycles. The van der Waals surface area contributed by atoms with Gasteiger partial charge in [0.05, 0.1) is 13.5 Å². The van der Waals surface area contributed by atoms with Crippen molar-refractivity contribution in [3.63, 3.8) is 0 Å². The number of ether oxygens (including phenoxy) is 1. The van der Waals surface area contributed by atoms with Gasteiger partial charge in [0, 0.05) is 11.1 Å². The Labute approximate surface area is 99.7 Å². The van der Waals surface area contributed by atoms with Gasteiger partial charge in [-0.3, -0.25) is 4.79 Å². The summed E-state index contributed by atoms with van der Waals surface area (Å²) in [4.78, 5) is 11.3. The summed E-state index contributed by atoms with van der Waals surface area (Å²) in [5, 5.41) is 4.06. The maximum Gasteiger partial charge on any atom is 0.307 e. The SMILES string of the molecule is COC(=O)C[C@H]1NCCc2cc(Cl)ccc21. The molecule has 0 aliphatic carbocycles. The van der Waals surface area contributed by atoms with Gasteiger partial charge in [-0.2, -0.15) is 0 Å². The Morgan fingerprint density at radius 2 is 2.44 bits per heavy atom. The topological polar surface area (TPSA) is 38.3 Å². The highest BCUT2D eigenvalue weighted by atomic mass is 35.5. The van der Waals surface area contributed by atoms with E-state index in [0.717, 1.165) is 23.6 Å². The van der Waals surface area contributed by atoms with Gasteiger partial charge in [0.1, 0.15) is 0 Å². The highest BCUT2D eigenvalue weighted by molar-refractivity contribution is 6.30. The van der Waals surface area contributed by atoms with Crippen molar-refractivity contribution >= 4 is 17.6 Å². The van der Waals surface area contributed by atoms with E-state index >= 15 is 0 Å². The average Bonchev–Trinajstić information content (AvgIpc) is 2.28. The summed E-state index contributed by atoms with van der Waals surface area (Å²) in [7, 11) is 1.41. The van der Waals surface area contributed by atoms with E-state index in [-0.39, 0.29) is 12.0 Å². The lowest BCUT2D eigenvalue weighted by Gasteiger charge is -2.26. The molecule has 0 unspecified atom stereocenters. The quantitative estimate of drug-likeness (QED) is 0.804. The van der Waals surface area contributed by atoms with Crippen LogP contribution in [0.15, 0.2) is 18.2 Å². The zero-order valence-corrected chi connectivity index (χ0v) is 9.88. The van der Waals surface area contributed by atoms with Crippen molar-refractivity contribution in [3.8, 4) is 0 Å². The Morgan fingerprint density at radius 3 is 3.19 bits per heavy atom. The number of fused-ring (bicyclic) bond motifs is 1. The number of benzene rings is 1. The molecule has 0 spiro atoms. The largest absolute Gasteiger partial charge is 0.469 e. The fraction of sp³-hybridized carbons (Fsp3) is 0.417. The van der Waals surface area contributed by atoms with E-state index < -0.39 is 0 Å². The lowest BCUT2D eigenvalue weighted by Crippen LogP contribution is -2.31. The predicted octanol–water partition coefficient (Wildman–Crippen LogP) is 2.09. The fourth-order valence-corrected chi connectivity index (χ4v) is 2.25. The fourth-order valence-electron chi connectivity index (χ4n) is 2.05. The van der Waals surface area contributed by atoms with Crippen LogP contribution in [0.5, 0.6) is 0 Å². The zero-order valence-electron chi connectivity index (χ0n) is 9.13. The molecule has 0 amide bonds. The molecule has 1 aromatic carbocycles. The van der Waals surface area contributed by atoms with Crippen molar-refractivity contribution in [1.29, 1.82) is 0 Å². The lowest BCUT2D eigenvalue weighted by molar-refractivity contribution is -0.141. The normalized spacial score (nSPS) is 19.0. The highest BCUT2D eigenvalue weighted by Gasteiger charge is 2.22. The van der Waals surface area contributed by atoms with Gasteiger partial charge in [-0.1, -0.05) is 17.7 Å². The van der Waals surface area contributed by atoms with E-state index in [9.17, 15) is 4.79 Å². The number of hydrogen-bond acceptors (Lipinski definition) is 3. The minimum atomic E-state index is -0.194. The highest BCUT2D eigenvalue weighted by Crippen LogP contribution is 2.27. The van der Waals surface area contributed by atoms with Crippen LogP contribution in [-0.4, -0.2) is 19.6 Å². The van der Waals surface area contributed by atoms with E-state index in [4.69, 9.17) is 11.6 Å². The molecule has 1 aliphatic rings. The van der Waals surface area contributed by atoms with E-state index in [0.29, 0.717) is 6.42 Å². The number of nitrogens with one attached hydrogen (secondary N) is 1. The van der Waals surface area contributed by atoms with Gasteiger partial charge >= 0.3 is 5.97 Å². The summed E-state index contributed by atoms with van der Waals surface area (Å²) in [5.74, 6) is -0.194. The molecule has 16 heavy (non-hydrogen) atoms. The zero-order chi connectivity index (χ0) is 11.5. The summed E-state index contributed by atoms with van der Waals surface area (Å²) < 4.78 is 4.69. The lowest BCUT2D eigenvalue weighted by atomic mass is 9.92. The molecule has 2 rings (SSSR count). The number of esters is 1. The molecule has 1 aromatic rings. The second kappa shape index (κ2) is 4.85. The van der Waals surface area contributed by atoms with Crippen LogP contribution >= 0.6 is 11.6 Å². The minimum absolute atomic E-state index is 0.0495. The molecule has 0 saturated carbocycles. The molecule has 1 N–H and O–H groups in total. The van der Waals surface area contributed by atoms with E-state index in [1.807, 2.05) is 18.2 Å². The molecule has 1 heterocycles. The number of halogens is 1.